The Morgan fingerprint density at radius 1 is 1.19 bits per heavy atom. The predicted octanol–water partition coefficient (Wildman–Crippen LogP) is 3.58. The number of amides is 1. The van der Waals surface area contributed by atoms with Gasteiger partial charge in [-0.15, -0.1) is 0 Å². The Morgan fingerprint density at radius 2 is 2.02 bits per heavy atom. The van der Waals surface area contributed by atoms with Crippen LogP contribution >= 0.6 is 0 Å². The maximum atomic E-state index is 16.6. The van der Waals surface area contributed by atoms with Gasteiger partial charge < -0.3 is 24.5 Å². The van der Waals surface area contributed by atoms with Gasteiger partial charge in [0.25, 0.3) is 0 Å². The summed E-state index contributed by atoms with van der Waals surface area (Å²) >= 11 is 0. The van der Waals surface area contributed by atoms with Crippen molar-refractivity contribution in [2.75, 3.05) is 44.7 Å². The number of hydrogen-bond donors (Lipinski definition) is 1. The van der Waals surface area contributed by atoms with Crippen LogP contribution in [0.2, 0.25) is 0 Å². The summed E-state index contributed by atoms with van der Waals surface area (Å²) in [6, 6.07) is 5.63. The second-order valence-electron chi connectivity index (χ2n) is 11.0. The monoisotopic (exact) mass is 573 g/mol. The Balaban J connectivity index is 1.47. The molecule has 1 aromatic carbocycles. The minimum atomic E-state index is -1.08. The van der Waals surface area contributed by atoms with E-state index < -0.39 is 18.0 Å². The van der Waals surface area contributed by atoms with Crippen molar-refractivity contribution in [2.24, 2.45) is 7.05 Å². The number of aromatic nitrogens is 5. The van der Waals surface area contributed by atoms with E-state index in [2.05, 4.69) is 26.0 Å². The highest BCUT2D eigenvalue weighted by atomic mass is 19.1. The number of nitriles is 1. The first-order valence-corrected chi connectivity index (χ1v) is 14.0. The molecule has 0 aliphatic carbocycles. The molecule has 12 nitrogen and oxygen atoms in total. The van der Waals surface area contributed by atoms with Gasteiger partial charge in [-0.3, -0.25) is 9.67 Å². The number of benzene rings is 1. The number of aryl methyl sites for hydroxylation is 2. The van der Waals surface area contributed by atoms with Crippen LogP contribution in [0.3, 0.4) is 0 Å². The zero-order chi connectivity index (χ0) is 29.5. The lowest BCUT2D eigenvalue weighted by Gasteiger charge is -2.39. The fraction of sp³-hybridized carbons (Fsp3) is 0.448. The molecule has 1 unspecified atom stereocenters. The summed E-state index contributed by atoms with van der Waals surface area (Å²) in [6.45, 7) is 3.94. The van der Waals surface area contributed by atoms with Crippen LogP contribution in [-0.2, 0) is 7.05 Å². The zero-order valence-electron chi connectivity index (χ0n) is 23.8. The third kappa shape index (κ3) is 4.81. The number of carbonyl (C=O) groups is 1. The molecule has 2 aliphatic rings. The van der Waals surface area contributed by atoms with E-state index >= 15 is 4.39 Å². The minimum Gasteiger partial charge on any atom is -0.465 e. The van der Waals surface area contributed by atoms with Crippen LogP contribution in [-0.4, -0.2) is 97.6 Å². The van der Waals surface area contributed by atoms with Crippen molar-refractivity contribution < 1.29 is 19.0 Å². The SMILES string of the molecule is Cc1ccc2cnn(C)c2c1-c1ncc2c(N3CCN(C(=O)O)[C@@H](CC#N)C3)nc(OCC3CCCN3C)nc2c1F. The van der Waals surface area contributed by atoms with Gasteiger partial charge in [0.05, 0.1) is 35.6 Å². The Kier molecular flexibility index (Phi) is 7.24. The lowest BCUT2D eigenvalue weighted by Crippen LogP contribution is -2.55. The van der Waals surface area contributed by atoms with E-state index in [1.807, 2.05) is 38.1 Å². The van der Waals surface area contributed by atoms with Crippen LogP contribution < -0.4 is 9.64 Å². The molecule has 2 aliphatic heterocycles. The van der Waals surface area contributed by atoms with E-state index in [4.69, 9.17) is 9.72 Å². The van der Waals surface area contributed by atoms with Crippen LogP contribution in [0.15, 0.2) is 24.5 Å². The van der Waals surface area contributed by atoms with E-state index in [9.17, 15) is 15.2 Å². The summed E-state index contributed by atoms with van der Waals surface area (Å²) in [5.74, 6) is -0.204. The van der Waals surface area contributed by atoms with E-state index in [1.54, 1.807) is 17.1 Å². The smallest absolute Gasteiger partial charge is 0.407 e. The number of anilines is 1. The lowest BCUT2D eigenvalue weighted by atomic mass is 10.0. The zero-order valence-corrected chi connectivity index (χ0v) is 23.8. The number of likely N-dealkylation sites (N-methyl/N-ethyl adjacent to an activating group) is 1. The highest BCUT2D eigenvalue weighted by molar-refractivity contribution is 5.98. The van der Waals surface area contributed by atoms with E-state index in [1.165, 1.54) is 4.90 Å². The number of pyridine rings is 1. The normalized spacial score (nSPS) is 19.5. The summed E-state index contributed by atoms with van der Waals surface area (Å²) < 4.78 is 24.4. The Labute approximate surface area is 241 Å². The molecular formula is C29H32FN9O3. The second-order valence-corrected chi connectivity index (χ2v) is 11.0. The highest BCUT2D eigenvalue weighted by Gasteiger charge is 2.33. The van der Waals surface area contributed by atoms with Crippen LogP contribution in [0, 0.1) is 24.1 Å². The lowest BCUT2D eigenvalue weighted by molar-refractivity contribution is 0.119. The summed E-state index contributed by atoms with van der Waals surface area (Å²) in [6.07, 6.45) is 4.30. The van der Waals surface area contributed by atoms with Gasteiger partial charge in [-0.2, -0.15) is 20.3 Å². The first kappa shape index (κ1) is 27.6. The van der Waals surface area contributed by atoms with Gasteiger partial charge in [0.1, 0.15) is 23.6 Å². The Hall–Kier alpha value is -4.57. The number of nitrogens with zero attached hydrogens (tertiary/aromatic N) is 9. The molecule has 0 saturated carbocycles. The quantitative estimate of drug-likeness (QED) is 0.364. The predicted molar refractivity (Wildman–Crippen MR) is 154 cm³/mol. The van der Waals surface area contributed by atoms with Crippen LogP contribution in [0.5, 0.6) is 6.01 Å². The van der Waals surface area contributed by atoms with Crippen molar-refractivity contribution >= 4 is 33.7 Å². The van der Waals surface area contributed by atoms with E-state index in [0.717, 1.165) is 35.9 Å². The van der Waals surface area contributed by atoms with Crippen molar-refractivity contribution in [2.45, 2.75) is 38.3 Å². The van der Waals surface area contributed by atoms with Gasteiger partial charge in [0, 0.05) is 49.9 Å². The third-order valence-corrected chi connectivity index (χ3v) is 8.42. The van der Waals surface area contributed by atoms with Crippen molar-refractivity contribution in [1.29, 1.82) is 5.26 Å². The van der Waals surface area contributed by atoms with Crippen molar-refractivity contribution in [1.82, 2.24) is 34.5 Å². The molecule has 1 amide bonds. The van der Waals surface area contributed by atoms with Crippen molar-refractivity contribution in [3.8, 4) is 23.3 Å². The van der Waals surface area contributed by atoms with Gasteiger partial charge in [-0.1, -0.05) is 12.1 Å². The first-order valence-electron chi connectivity index (χ1n) is 14.0. The second kappa shape index (κ2) is 11.0. The Morgan fingerprint density at radius 3 is 2.76 bits per heavy atom. The first-order chi connectivity index (χ1) is 20.3. The minimum absolute atomic E-state index is 0.0218. The molecule has 0 bridgehead atoms. The fourth-order valence-corrected chi connectivity index (χ4v) is 6.11. The molecule has 2 saturated heterocycles. The number of rotatable bonds is 6. The molecule has 2 atom stereocenters. The van der Waals surface area contributed by atoms with Crippen molar-refractivity contribution in [3.05, 3.63) is 35.9 Å². The summed E-state index contributed by atoms with van der Waals surface area (Å²) in [7, 11) is 3.86. The molecule has 6 rings (SSSR count). The standard InChI is InChI=1S/C29H32FN9O3/c1-17-6-7-18-13-33-37(3)26(18)22(17)25-23(30)24-21(14-32-25)27(35-28(34-24)42-16-20-5-4-10-36(20)2)38-11-12-39(29(40)41)19(15-38)8-9-31/h6-7,13-14,19-20H,4-5,8,10-12,15-16H2,1-3H3,(H,40,41)/t19-,20?/m0/s1. The molecule has 5 heterocycles. The highest BCUT2D eigenvalue weighted by Crippen LogP contribution is 2.37. The number of fused-ring (bicyclic) bond motifs is 2. The molecular weight excluding hydrogens is 541 g/mol. The molecule has 42 heavy (non-hydrogen) atoms. The van der Waals surface area contributed by atoms with Gasteiger partial charge in [-0.05, 0) is 38.9 Å². The van der Waals surface area contributed by atoms with Gasteiger partial charge in [0.15, 0.2) is 5.82 Å². The number of carboxylic acid groups (broad SMARTS) is 1. The molecule has 0 radical (unpaired) electrons. The molecule has 2 fully saturated rings. The van der Waals surface area contributed by atoms with Crippen LogP contribution in [0.1, 0.15) is 24.8 Å². The summed E-state index contributed by atoms with van der Waals surface area (Å²) in [5.41, 5.74) is 2.46. The number of ether oxygens (including phenoxy) is 1. The third-order valence-electron chi connectivity index (χ3n) is 8.42. The number of halogens is 1. The maximum absolute atomic E-state index is 16.6. The topological polar surface area (TPSA) is 137 Å². The molecule has 3 aromatic heterocycles. The van der Waals surface area contributed by atoms with Crippen LogP contribution in [0.25, 0.3) is 33.1 Å². The maximum Gasteiger partial charge on any atom is 0.407 e. The van der Waals surface area contributed by atoms with Crippen molar-refractivity contribution in [3.63, 3.8) is 0 Å². The number of hydrogen-bond acceptors (Lipinski definition) is 9. The number of likely N-dealkylation sites (tertiary alicyclic amines) is 1. The van der Waals surface area contributed by atoms with Gasteiger partial charge in [0.2, 0.25) is 0 Å². The summed E-state index contributed by atoms with van der Waals surface area (Å²) in [5, 5.41) is 24.6. The molecule has 0 spiro atoms. The number of piperazine rings is 1. The van der Waals surface area contributed by atoms with Gasteiger partial charge in [-0.25, -0.2) is 9.18 Å². The molecule has 4 aromatic rings. The molecule has 1 N–H and O–H groups in total. The Bertz CT molecular complexity index is 1720. The van der Waals surface area contributed by atoms with Crippen LogP contribution in [0.4, 0.5) is 15.0 Å². The largest absolute Gasteiger partial charge is 0.465 e. The fourth-order valence-electron chi connectivity index (χ4n) is 6.11. The molecule has 13 heteroatoms. The molecule has 218 valence electrons. The van der Waals surface area contributed by atoms with E-state index in [-0.39, 0.29) is 42.8 Å². The van der Waals surface area contributed by atoms with E-state index in [0.29, 0.717) is 29.9 Å². The average Bonchev–Trinajstić information content (AvgIpc) is 3.57. The summed E-state index contributed by atoms with van der Waals surface area (Å²) in [4.78, 5) is 31.0. The average molecular weight is 574 g/mol. The van der Waals surface area contributed by atoms with Gasteiger partial charge >= 0.3 is 12.1 Å².